The smallest absolute Gasteiger partial charge is 0.245 e. The second-order valence-electron chi connectivity index (χ2n) is 5.28. The Hall–Kier alpha value is -2.13. The molecule has 0 fully saturated rings. The Morgan fingerprint density at radius 1 is 1.14 bits per heavy atom. The topological polar surface area (TPSA) is 55.1 Å². The molecule has 0 saturated heterocycles. The fraction of sp³-hybridized carbons (Fsp3) is 0.278. The lowest BCUT2D eigenvalue weighted by Crippen LogP contribution is -2.28. The molecule has 2 aromatic carbocycles. The van der Waals surface area contributed by atoms with Crippen LogP contribution in [-0.4, -0.2) is 5.91 Å². The first-order valence-corrected chi connectivity index (χ1v) is 7.32. The minimum Gasteiger partial charge on any atom is -0.324 e. The summed E-state index contributed by atoms with van der Waals surface area (Å²) in [5, 5.41) is 2.94. The van der Waals surface area contributed by atoms with Gasteiger partial charge in [0.2, 0.25) is 5.91 Å². The quantitative estimate of drug-likeness (QED) is 0.880. The number of aryl methyl sites for hydroxylation is 2. The van der Waals surface area contributed by atoms with Gasteiger partial charge in [-0.2, -0.15) is 0 Å². The van der Waals surface area contributed by atoms with E-state index in [1.807, 2.05) is 55.5 Å². The van der Waals surface area contributed by atoms with Crippen molar-refractivity contribution in [3.8, 4) is 0 Å². The molecule has 0 aliphatic carbocycles. The van der Waals surface area contributed by atoms with Gasteiger partial charge < -0.3 is 11.1 Å². The zero-order valence-corrected chi connectivity index (χ0v) is 12.6. The van der Waals surface area contributed by atoms with Gasteiger partial charge in [0, 0.05) is 5.69 Å². The number of benzene rings is 2. The van der Waals surface area contributed by atoms with E-state index in [0.717, 1.165) is 35.2 Å². The Kier molecular flexibility index (Phi) is 5.12. The highest BCUT2D eigenvalue weighted by atomic mass is 16.2. The second kappa shape index (κ2) is 7.04. The molecule has 0 bridgehead atoms. The number of nitrogens with two attached hydrogens (primary N) is 1. The summed E-state index contributed by atoms with van der Waals surface area (Å²) in [6.07, 6.45) is 1.98. The van der Waals surface area contributed by atoms with Gasteiger partial charge in [-0.1, -0.05) is 61.4 Å². The summed E-state index contributed by atoms with van der Waals surface area (Å²) in [7, 11) is 0. The van der Waals surface area contributed by atoms with Gasteiger partial charge in [-0.15, -0.1) is 0 Å². The van der Waals surface area contributed by atoms with Crippen molar-refractivity contribution in [1.82, 2.24) is 0 Å². The molecule has 110 valence electrons. The van der Waals surface area contributed by atoms with Crippen molar-refractivity contribution in [3.63, 3.8) is 0 Å². The van der Waals surface area contributed by atoms with Crippen molar-refractivity contribution in [2.45, 2.75) is 32.7 Å². The van der Waals surface area contributed by atoms with Gasteiger partial charge in [0.15, 0.2) is 0 Å². The van der Waals surface area contributed by atoms with Gasteiger partial charge in [0.1, 0.15) is 6.04 Å². The van der Waals surface area contributed by atoms with Crippen molar-refractivity contribution in [2.24, 2.45) is 5.73 Å². The summed E-state index contributed by atoms with van der Waals surface area (Å²) in [4.78, 5) is 12.3. The van der Waals surface area contributed by atoms with Crippen molar-refractivity contribution in [1.29, 1.82) is 0 Å². The monoisotopic (exact) mass is 282 g/mol. The van der Waals surface area contributed by atoms with Gasteiger partial charge in [-0.3, -0.25) is 4.79 Å². The van der Waals surface area contributed by atoms with E-state index in [1.54, 1.807) is 0 Å². The van der Waals surface area contributed by atoms with Crippen LogP contribution < -0.4 is 11.1 Å². The Balaban J connectivity index is 2.12. The SMILES string of the molecule is CCCc1ccccc1NC(=O)C(N)c1ccc(C)cc1. The predicted octanol–water partition coefficient (Wildman–Crippen LogP) is 3.59. The van der Waals surface area contributed by atoms with E-state index in [1.165, 1.54) is 0 Å². The molecule has 21 heavy (non-hydrogen) atoms. The Labute approximate surface area is 126 Å². The van der Waals surface area contributed by atoms with E-state index in [2.05, 4.69) is 12.2 Å². The molecular weight excluding hydrogens is 260 g/mol. The third-order valence-corrected chi connectivity index (χ3v) is 3.51. The number of nitrogens with one attached hydrogen (secondary N) is 1. The molecule has 3 nitrogen and oxygen atoms in total. The average molecular weight is 282 g/mol. The number of rotatable bonds is 5. The third-order valence-electron chi connectivity index (χ3n) is 3.51. The van der Waals surface area contributed by atoms with Crippen LogP contribution in [0.15, 0.2) is 48.5 Å². The van der Waals surface area contributed by atoms with E-state index in [4.69, 9.17) is 5.73 Å². The second-order valence-corrected chi connectivity index (χ2v) is 5.28. The Morgan fingerprint density at radius 3 is 2.48 bits per heavy atom. The molecule has 2 rings (SSSR count). The molecule has 0 aliphatic heterocycles. The van der Waals surface area contributed by atoms with Crippen LogP contribution in [0.2, 0.25) is 0 Å². The fourth-order valence-corrected chi connectivity index (χ4v) is 2.27. The molecule has 0 aliphatic rings. The Bertz CT molecular complexity index is 605. The van der Waals surface area contributed by atoms with Crippen LogP contribution in [0, 0.1) is 6.92 Å². The highest BCUT2D eigenvalue weighted by molar-refractivity contribution is 5.96. The first-order valence-electron chi connectivity index (χ1n) is 7.32. The molecule has 0 aromatic heterocycles. The molecular formula is C18H22N2O. The highest BCUT2D eigenvalue weighted by Crippen LogP contribution is 2.19. The standard InChI is InChI=1S/C18H22N2O/c1-3-6-14-7-4-5-8-16(14)20-18(21)17(19)15-11-9-13(2)10-12-15/h4-5,7-12,17H,3,6,19H2,1-2H3,(H,20,21). The van der Waals surface area contributed by atoms with Gasteiger partial charge >= 0.3 is 0 Å². The number of carbonyl (C=O) groups is 1. The number of para-hydroxylation sites is 1. The van der Waals surface area contributed by atoms with E-state index < -0.39 is 6.04 Å². The minimum atomic E-state index is -0.653. The molecule has 0 heterocycles. The van der Waals surface area contributed by atoms with Crippen LogP contribution in [0.25, 0.3) is 0 Å². The summed E-state index contributed by atoms with van der Waals surface area (Å²) < 4.78 is 0. The molecule has 0 spiro atoms. The number of amides is 1. The number of hydrogen-bond acceptors (Lipinski definition) is 2. The molecule has 1 amide bonds. The van der Waals surface area contributed by atoms with Gasteiger partial charge in [0.05, 0.1) is 0 Å². The van der Waals surface area contributed by atoms with Gasteiger partial charge in [-0.05, 0) is 30.5 Å². The van der Waals surface area contributed by atoms with Crippen LogP contribution in [0.5, 0.6) is 0 Å². The van der Waals surface area contributed by atoms with Crippen molar-refractivity contribution >= 4 is 11.6 Å². The van der Waals surface area contributed by atoms with Crippen molar-refractivity contribution < 1.29 is 4.79 Å². The minimum absolute atomic E-state index is 0.178. The average Bonchev–Trinajstić information content (AvgIpc) is 2.49. The molecule has 2 aromatic rings. The van der Waals surface area contributed by atoms with Crippen molar-refractivity contribution in [3.05, 3.63) is 65.2 Å². The Morgan fingerprint density at radius 2 is 1.81 bits per heavy atom. The molecule has 3 heteroatoms. The lowest BCUT2D eigenvalue weighted by Gasteiger charge is -2.15. The van der Waals surface area contributed by atoms with Crippen LogP contribution >= 0.6 is 0 Å². The maximum Gasteiger partial charge on any atom is 0.245 e. The largest absolute Gasteiger partial charge is 0.324 e. The highest BCUT2D eigenvalue weighted by Gasteiger charge is 2.16. The van der Waals surface area contributed by atoms with Gasteiger partial charge in [0.25, 0.3) is 0 Å². The summed E-state index contributed by atoms with van der Waals surface area (Å²) in [6.45, 7) is 4.13. The van der Waals surface area contributed by atoms with Crippen molar-refractivity contribution in [2.75, 3.05) is 5.32 Å². The number of carbonyl (C=O) groups excluding carboxylic acids is 1. The maximum absolute atomic E-state index is 12.3. The van der Waals surface area contributed by atoms with Crippen LogP contribution in [-0.2, 0) is 11.2 Å². The maximum atomic E-state index is 12.3. The van der Waals surface area contributed by atoms with E-state index in [-0.39, 0.29) is 5.91 Å². The fourth-order valence-electron chi connectivity index (χ4n) is 2.27. The summed E-state index contributed by atoms with van der Waals surface area (Å²) in [6, 6.07) is 14.9. The zero-order valence-electron chi connectivity index (χ0n) is 12.6. The normalized spacial score (nSPS) is 12.0. The number of anilines is 1. The molecule has 0 saturated carbocycles. The molecule has 1 atom stereocenters. The summed E-state index contributed by atoms with van der Waals surface area (Å²) in [5.74, 6) is -0.178. The molecule has 3 N–H and O–H groups in total. The van der Waals surface area contributed by atoms with E-state index in [9.17, 15) is 4.79 Å². The lowest BCUT2D eigenvalue weighted by molar-refractivity contribution is -0.117. The van der Waals surface area contributed by atoms with E-state index >= 15 is 0 Å². The summed E-state index contributed by atoms with van der Waals surface area (Å²) >= 11 is 0. The third kappa shape index (κ3) is 3.92. The first kappa shape index (κ1) is 15.3. The lowest BCUT2D eigenvalue weighted by atomic mass is 10.0. The molecule has 0 radical (unpaired) electrons. The number of hydrogen-bond donors (Lipinski definition) is 2. The van der Waals surface area contributed by atoms with Crippen LogP contribution in [0.4, 0.5) is 5.69 Å². The zero-order chi connectivity index (χ0) is 15.2. The van der Waals surface area contributed by atoms with Gasteiger partial charge in [-0.25, -0.2) is 0 Å². The van der Waals surface area contributed by atoms with E-state index in [0.29, 0.717) is 0 Å². The predicted molar refractivity (Wildman–Crippen MR) is 87.2 cm³/mol. The van der Waals surface area contributed by atoms with Crippen LogP contribution in [0.3, 0.4) is 0 Å². The summed E-state index contributed by atoms with van der Waals surface area (Å²) in [5.41, 5.74) is 10.0. The first-order chi connectivity index (χ1) is 10.1. The molecule has 1 unspecified atom stereocenters. The van der Waals surface area contributed by atoms with Crippen LogP contribution in [0.1, 0.15) is 36.1 Å².